The van der Waals surface area contributed by atoms with Crippen LogP contribution in [0.2, 0.25) is 0 Å². The summed E-state index contributed by atoms with van der Waals surface area (Å²) in [4.78, 5) is 0. The van der Waals surface area contributed by atoms with Gasteiger partial charge in [0.1, 0.15) is 231 Å². The van der Waals surface area contributed by atoms with E-state index in [4.69, 9.17) is 4.42 Å². The quantitative estimate of drug-likeness (QED) is 0.0978. The first-order valence-electron chi connectivity index (χ1n) is 27.9. The van der Waals surface area contributed by atoms with Gasteiger partial charge in [0.25, 0.3) is 0 Å². The third kappa shape index (κ3) is 6.85. The van der Waals surface area contributed by atoms with Gasteiger partial charge in [0.2, 0.25) is 0 Å². The van der Waals surface area contributed by atoms with Crippen LogP contribution < -0.4 is 153 Å². The van der Waals surface area contributed by atoms with Crippen LogP contribution in [0, 0.1) is 0 Å². The molecule has 0 aliphatic heterocycles. The van der Waals surface area contributed by atoms with E-state index in [-0.39, 0.29) is 0 Å². The van der Waals surface area contributed by atoms with Crippen LogP contribution in [0.5, 0.6) is 0 Å². The van der Waals surface area contributed by atoms with Crippen molar-refractivity contribution in [1.82, 2.24) is 0 Å². The van der Waals surface area contributed by atoms with Gasteiger partial charge < -0.3 is 4.42 Å². The largest absolute Gasteiger partial charge is 0.457 e. The van der Waals surface area contributed by atoms with Gasteiger partial charge in [-0.15, -0.1) is 38.2 Å². The molecule has 0 radical (unpaired) electrons. The van der Waals surface area contributed by atoms with E-state index in [1.807, 2.05) is 0 Å². The summed E-state index contributed by atoms with van der Waals surface area (Å²) in [6, 6.07) is 0. The Labute approximate surface area is 472 Å². The van der Waals surface area contributed by atoms with E-state index in [1.54, 1.807) is 0 Å². The molecular formula is C46H56B28O. The molecule has 9 aromatic carbocycles. The molecule has 0 N–H and O–H groups in total. The molecule has 0 atom stereocenters. The summed E-state index contributed by atoms with van der Waals surface area (Å²) >= 11 is 0. The van der Waals surface area contributed by atoms with Crippen molar-refractivity contribution in [3.8, 4) is 33.4 Å². The standard InChI is InChI=1S/C46H56B28O/c47-17-8-9-13(32(62)39(69)38(68)23(9)53)28(58)26(56)12(8)27(57)29(59)14(17)15-30(60)24(54)11(25(55)31(15)61)2-5-3(18(48)34(64)36(66)20(5)50)1(4-6(2)21(51)37(67)35(65)19(4)49)7-10-16-33(63)40(70)42(72)44(74)46(16)75-45(10)43(73)41(71)22(7)52/h47-74H2. The number of fused-ring (bicyclic) bond motifs is 8. The summed E-state index contributed by atoms with van der Waals surface area (Å²) in [5.74, 6) is 0. The SMILES string of the molecule is Bc1c(B)c(-c2c3c(B)c(B)c(B)c(B)c3c(-c3c(B)c(B)c(B)c4oc5c(B)c(B)c(B)c(B)c5c34)c3c(B)c(B)c(B)c(B)c23)c(B)c(B)c1-c1c(B)c(B)c2c(B)c(B)c3c(B)c(B)c(B)c(B)c3c2c1B. The summed E-state index contributed by atoms with van der Waals surface area (Å²) in [7, 11) is 66.4. The van der Waals surface area contributed by atoms with Gasteiger partial charge in [-0.3, -0.25) is 0 Å². The van der Waals surface area contributed by atoms with Gasteiger partial charge in [0.05, 0.1) is 0 Å². The molecule has 0 bridgehead atoms. The molecule has 1 nitrogen and oxygen atoms in total. The van der Waals surface area contributed by atoms with Crippen LogP contribution in [0.1, 0.15) is 0 Å². The number of furan rings is 1. The Morgan fingerprint density at radius 2 is 0.320 bits per heavy atom. The van der Waals surface area contributed by atoms with E-state index in [1.165, 1.54) is 240 Å². The minimum Gasteiger partial charge on any atom is -0.457 e. The Morgan fingerprint density at radius 1 is 0.120 bits per heavy atom. The third-order valence-corrected chi connectivity index (χ3v) is 21.7. The second kappa shape index (κ2) is 18.1. The average Bonchev–Trinajstić information content (AvgIpc) is 3.80. The zero-order valence-electron chi connectivity index (χ0n) is 51.4. The van der Waals surface area contributed by atoms with Crippen LogP contribution in [0.4, 0.5) is 0 Å². The van der Waals surface area contributed by atoms with E-state index >= 15 is 0 Å². The zero-order valence-corrected chi connectivity index (χ0v) is 51.4. The fourth-order valence-electron chi connectivity index (χ4n) is 15.1. The number of hydrogen-bond acceptors (Lipinski definition) is 1. The molecule has 75 heavy (non-hydrogen) atoms. The summed E-state index contributed by atoms with van der Waals surface area (Å²) < 4.78 is 7.25. The topological polar surface area (TPSA) is 13.1 Å². The third-order valence-electron chi connectivity index (χ3n) is 21.7. The van der Waals surface area contributed by atoms with Crippen molar-refractivity contribution in [1.29, 1.82) is 0 Å². The summed E-state index contributed by atoms with van der Waals surface area (Å²) in [5, 5.41) is 13.8. The van der Waals surface area contributed by atoms with Crippen molar-refractivity contribution >= 4 is 438 Å². The lowest BCUT2D eigenvalue weighted by molar-refractivity contribution is 0.675. The highest BCUT2D eigenvalue weighted by molar-refractivity contribution is 6.78. The highest BCUT2D eigenvalue weighted by atomic mass is 16.3. The van der Waals surface area contributed by atoms with Gasteiger partial charge in [-0.25, -0.2) is 0 Å². The summed E-state index contributed by atoms with van der Waals surface area (Å²) in [6.07, 6.45) is 0. The maximum Gasteiger partial charge on any atom is 0.143 e. The Hall–Kier alpha value is -4.36. The number of hydrogen-bond donors (Lipinski definition) is 0. The van der Waals surface area contributed by atoms with Gasteiger partial charge in [-0.2, -0.15) is 0 Å². The van der Waals surface area contributed by atoms with Gasteiger partial charge >= 0.3 is 0 Å². The van der Waals surface area contributed by atoms with Crippen LogP contribution in [0.25, 0.3) is 98.4 Å². The monoisotopic (exact) mass is 933 g/mol. The fraction of sp³-hybridized carbons (Fsp3) is 0. The Balaban J connectivity index is 1.45. The summed E-state index contributed by atoms with van der Waals surface area (Å²) in [5.41, 5.74) is 48.6. The lowest BCUT2D eigenvalue weighted by atomic mass is 9.55. The number of benzene rings is 9. The molecule has 0 aliphatic carbocycles. The van der Waals surface area contributed by atoms with Crippen molar-refractivity contribution in [2.45, 2.75) is 0 Å². The molecule has 0 saturated carbocycles. The predicted octanol–water partition coefficient (Wildman–Crippen LogP) is -35.6. The smallest absolute Gasteiger partial charge is 0.143 e. The Morgan fingerprint density at radius 3 is 0.707 bits per heavy atom. The van der Waals surface area contributed by atoms with Crippen LogP contribution in [-0.2, 0) is 0 Å². The molecule has 10 rings (SSSR count). The molecule has 0 saturated heterocycles. The lowest BCUT2D eigenvalue weighted by Crippen LogP contribution is -2.52. The van der Waals surface area contributed by atoms with Crippen LogP contribution in [0.15, 0.2) is 4.42 Å². The van der Waals surface area contributed by atoms with Gasteiger partial charge in [0, 0.05) is 10.8 Å². The molecule has 1 heterocycles. The highest BCUT2D eigenvalue weighted by Crippen LogP contribution is 2.42. The lowest BCUT2D eigenvalue weighted by Gasteiger charge is -2.32. The Bertz CT molecular complexity index is 4330. The van der Waals surface area contributed by atoms with E-state index in [0.717, 1.165) is 11.2 Å². The zero-order chi connectivity index (χ0) is 55.3. The second-order valence-corrected chi connectivity index (χ2v) is 24.3. The molecule has 0 spiro atoms. The van der Waals surface area contributed by atoms with E-state index in [0.29, 0.717) is 0 Å². The first kappa shape index (κ1) is 54.0. The van der Waals surface area contributed by atoms with Crippen molar-refractivity contribution in [3.05, 3.63) is 0 Å². The van der Waals surface area contributed by atoms with Crippen LogP contribution >= 0.6 is 0 Å². The van der Waals surface area contributed by atoms with Gasteiger partial charge in [-0.05, 0) is 76.5 Å². The van der Waals surface area contributed by atoms with Crippen molar-refractivity contribution < 1.29 is 4.42 Å². The van der Waals surface area contributed by atoms with Crippen LogP contribution in [-0.4, -0.2) is 220 Å². The van der Waals surface area contributed by atoms with Crippen LogP contribution in [0.3, 0.4) is 0 Å². The molecule has 330 valence electrons. The first-order chi connectivity index (χ1) is 35.0. The minimum absolute atomic E-state index is 1.03. The molecule has 0 aliphatic rings. The fourth-order valence-corrected chi connectivity index (χ4v) is 15.1. The maximum absolute atomic E-state index is 7.25. The molecule has 0 fully saturated rings. The normalized spacial score (nSPS) is 11.9. The Kier molecular flexibility index (Phi) is 13.0. The van der Waals surface area contributed by atoms with E-state index < -0.39 is 0 Å². The first-order valence-corrected chi connectivity index (χ1v) is 27.9. The average molecular weight is 928 g/mol. The predicted molar refractivity (Wildman–Crippen MR) is 429 cm³/mol. The van der Waals surface area contributed by atoms with Crippen molar-refractivity contribution in [3.63, 3.8) is 0 Å². The molecule has 1 aromatic heterocycles. The highest BCUT2D eigenvalue weighted by Gasteiger charge is 2.32. The molecule has 10 aromatic rings. The second-order valence-electron chi connectivity index (χ2n) is 24.3. The number of rotatable bonds is 3. The maximum atomic E-state index is 7.25. The molecule has 0 unspecified atom stereocenters. The minimum atomic E-state index is 1.03. The van der Waals surface area contributed by atoms with Crippen molar-refractivity contribution in [2.75, 3.05) is 0 Å². The molecule has 29 heteroatoms. The summed E-state index contributed by atoms with van der Waals surface area (Å²) in [6.45, 7) is 0. The molecule has 0 amide bonds. The van der Waals surface area contributed by atoms with Crippen molar-refractivity contribution in [2.24, 2.45) is 0 Å². The van der Waals surface area contributed by atoms with Gasteiger partial charge in [-0.1, -0.05) is 115 Å². The van der Waals surface area contributed by atoms with E-state index in [9.17, 15) is 0 Å². The van der Waals surface area contributed by atoms with Gasteiger partial charge in [0.15, 0.2) is 0 Å². The van der Waals surface area contributed by atoms with E-state index in [2.05, 4.69) is 220 Å². The molecular weight excluding hydrogens is 871 g/mol.